The van der Waals surface area contributed by atoms with E-state index in [4.69, 9.17) is 0 Å². The Morgan fingerprint density at radius 1 is 0.857 bits per heavy atom. The first-order chi connectivity index (χ1) is 13.2. The molecule has 0 bridgehead atoms. The zero-order chi connectivity index (χ0) is 20.7. The van der Waals surface area contributed by atoms with Gasteiger partial charge >= 0.3 is 6.18 Å². The second-order valence-corrected chi connectivity index (χ2v) is 7.39. The second-order valence-electron chi connectivity index (χ2n) is 5.23. The third-order valence-electron chi connectivity index (χ3n) is 3.26. The van der Waals surface area contributed by atoms with Gasteiger partial charge in [0.15, 0.2) is 0 Å². The molecule has 2 aromatic carbocycles. The van der Waals surface area contributed by atoms with Crippen molar-refractivity contribution in [2.24, 2.45) is 0 Å². The van der Waals surface area contributed by atoms with E-state index in [1.807, 2.05) is 0 Å². The Morgan fingerprint density at radius 3 is 1.93 bits per heavy atom. The van der Waals surface area contributed by atoms with Crippen LogP contribution in [0.3, 0.4) is 0 Å². The number of hydrogen-bond donors (Lipinski definition) is 0. The molecule has 0 spiro atoms. The average Bonchev–Trinajstić information content (AvgIpc) is 2.67. The molecule has 0 heterocycles. The van der Waals surface area contributed by atoms with E-state index in [1.54, 1.807) is 24.3 Å². The lowest BCUT2D eigenvalue weighted by molar-refractivity contribution is -0.138. The van der Waals surface area contributed by atoms with Crippen molar-refractivity contribution in [3.05, 3.63) is 84.5 Å². The summed E-state index contributed by atoms with van der Waals surface area (Å²) in [5.74, 6) is 5.21. The van der Waals surface area contributed by atoms with E-state index in [0.29, 0.717) is 22.2 Å². The van der Waals surface area contributed by atoms with Gasteiger partial charge in [0, 0.05) is 20.9 Å². The fraction of sp³-hybridized carbons (Fsp3) is 0.0476. The molecule has 2 nitrogen and oxygen atoms in total. The van der Waals surface area contributed by atoms with Gasteiger partial charge in [-0.2, -0.15) is 13.2 Å². The molecule has 2 rings (SSSR count). The molecule has 2 aromatic rings. The molecule has 0 radical (unpaired) electrons. The largest absolute Gasteiger partial charge is 0.417 e. The van der Waals surface area contributed by atoms with E-state index < -0.39 is 16.9 Å². The Bertz CT molecular complexity index is 981. The van der Waals surface area contributed by atoms with Crippen LogP contribution >= 0.6 is 23.5 Å². The predicted octanol–water partition coefficient (Wildman–Crippen LogP) is 5.71. The zero-order valence-electron chi connectivity index (χ0n) is 14.4. The number of benzene rings is 2. The van der Waals surface area contributed by atoms with Crippen LogP contribution in [0.5, 0.6) is 0 Å². The van der Waals surface area contributed by atoms with E-state index in [0.717, 1.165) is 23.9 Å². The quantitative estimate of drug-likeness (QED) is 0.362. The maximum absolute atomic E-state index is 13.4. The number of rotatable bonds is 4. The fourth-order valence-electron chi connectivity index (χ4n) is 1.99. The number of carbonyl (C=O) groups is 2. The van der Waals surface area contributed by atoms with Crippen LogP contribution in [0.4, 0.5) is 13.2 Å². The first-order valence-electron chi connectivity index (χ1n) is 7.74. The van der Waals surface area contributed by atoms with Gasteiger partial charge in [-0.3, -0.25) is 9.59 Å². The SMILES string of the molecule is C=CC(=O)Sc1ccc(C#Cc2ccc(SC(=O)C=C)cc2C(F)(F)F)cc1. The first kappa shape index (κ1) is 21.6. The van der Waals surface area contributed by atoms with E-state index in [-0.39, 0.29) is 15.6 Å². The number of halogens is 3. The lowest BCUT2D eigenvalue weighted by atomic mass is 10.1. The van der Waals surface area contributed by atoms with Crippen LogP contribution in [0, 0.1) is 11.8 Å². The minimum Gasteiger partial charge on any atom is -0.282 e. The van der Waals surface area contributed by atoms with Crippen LogP contribution in [-0.4, -0.2) is 10.2 Å². The Labute approximate surface area is 168 Å². The summed E-state index contributed by atoms with van der Waals surface area (Å²) in [6.45, 7) is 6.68. The van der Waals surface area contributed by atoms with Crippen molar-refractivity contribution in [1.82, 2.24) is 0 Å². The smallest absolute Gasteiger partial charge is 0.282 e. The van der Waals surface area contributed by atoms with Crippen molar-refractivity contribution in [3.8, 4) is 11.8 Å². The molecule has 0 fully saturated rings. The number of carbonyl (C=O) groups excluding carboxylic acids is 2. The fourth-order valence-corrected chi connectivity index (χ4v) is 3.21. The van der Waals surface area contributed by atoms with Gasteiger partial charge in [0.25, 0.3) is 0 Å². The van der Waals surface area contributed by atoms with Gasteiger partial charge in [-0.05, 0) is 78.1 Å². The van der Waals surface area contributed by atoms with Gasteiger partial charge in [-0.15, -0.1) is 0 Å². The third kappa shape index (κ3) is 6.19. The highest BCUT2D eigenvalue weighted by atomic mass is 32.2. The molecule has 0 aromatic heterocycles. The van der Waals surface area contributed by atoms with E-state index in [9.17, 15) is 22.8 Å². The van der Waals surface area contributed by atoms with E-state index >= 15 is 0 Å². The summed E-state index contributed by atoms with van der Waals surface area (Å²) in [7, 11) is 0. The minimum absolute atomic E-state index is 0.163. The maximum Gasteiger partial charge on any atom is 0.417 e. The van der Waals surface area contributed by atoms with Crippen molar-refractivity contribution in [2.45, 2.75) is 16.0 Å². The normalized spacial score (nSPS) is 10.5. The summed E-state index contributed by atoms with van der Waals surface area (Å²) < 4.78 is 40.1. The Balaban J connectivity index is 2.31. The van der Waals surface area contributed by atoms with Crippen molar-refractivity contribution in [2.75, 3.05) is 0 Å². The molecular weight excluding hydrogens is 405 g/mol. The summed E-state index contributed by atoms with van der Waals surface area (Å²) in [4.78, 5) is 23.5. The molecule has 0 aliphatic carbocycles. The Hall–Kier alpha value is -2.69. The number of hydrogen-bond acceptors (Lipinski definition) is 4. The highest BCUT2D eigenvalue weighted by Crippen LogP contribution is 2.34. The minimum atomic E-state index is -4.61. The lowest BCUT2D eigenvalue weighted by Crippen LogP contribution is -2.08. The van der Waals surface area contributed by atoms with E-state index in [1.165, 1.54) is 18.2 Å². The average molecular weight is 418 g/mol. The summed E-state index contributed by atoms with van der Waals surface area (Å²) in [5, 5.41) is -0.651. The molecule has 0 N–H and O–H groups in total. The second kappa shape index (κ2) is 9.49. The summed E-state index contributed by atoms with van der Waals surface area (Å²) >= 11 is 1.65. The van der Waals surface area contributed by atoms with Crippen LogP contribution in [-0.2, 0) is 15.8 Å². The molecule has 0 aliphatic rings. The molecule has 0 unspecified atom stereocenters. The van der Waals surface area contributed by atoms with Gasteiger partial charge < -0.3 is 0 Å². The van der Waals surface area contributed by atoms with Crippen molar-refractivity contribution >= 4 is 33.8 Å². The molecule has 28 heavy (non-hydrogen) atoms. The van der Waals surface area contributed by atoms with Crippen LogP contribution in [0.15, 0.2) is 77.6 Å². The molecule has 0 aliphatic heterocycles. The standard InChI is InChI=1S/C21H13F3O2S2/c1-3-19(25)27-16-10-6-14(7-11-16)5-8-15-9-12-17(28-20(26)4-2)13-18(15)21(22,23)24/h3-4,6-7,9-13H,1-2H2. The van der Waals surface area contributed by atoms with Gasteiger partial charge in [0.1, 0.15) is 0 Å². The highest BCUT2D eigenvalue weighted by Gasteiger charge is 2.33. The Morgan fingerprint density at radius 2 is 1.39 bits per heavy atom. The summed E-state index contributed by atoms with van der Waals surface area (Å²) in [5.41, 5.74) is -0.599. The first-order valence-corrected chi connectivity index (χ1v) is 9.38. The maximum atomic E-state index is 13.4. The molecule has 0 atom stereocenters. The van der Waals surface area contributed by atoms with Crippen molar-refractivity contribution < 1.29 is 22.8 Å². The molecular formula is C21H13F3O2S2. The Kier molecular flexibility index (Phi) is 7.32. The van der Waals surface area contributed by atoms with Crippen LogP contribution < -0.4 is 0 Å². The topological polar surface area (TPSA) is 34.1 Å². The molecule has 0 saturated heterocycles. The monoisotopic (exact) mass is 418 g/mol. The van der Waals surface area contributed by atoms with Gasteiger partial charge in [0.05, 0.1) is 5.56 Å². The summed E-state index contributed by atoms with van der Waals surface area (Å²) in [6, 6.07) is 10.1. The van der Waals surface area contributed by atoms with Crippen LogP contribution in [0.25, 0.3) is 0 Å². The zero-order valence-corrected chi connectivity index (χ0v) is 16.0. The van der Waals surface area contributed by atoms with Crippen LogP contribution in [0.2, 0.25) is 0 Å². The lowest BCUT2D eigenvalue weighted by Gasteiger charge is -2.10. The van der Waals surface area contributed by atoms with Crippen molar-refractivity contribution in [3.63, 3.8) is 0 Å². The van der Waals surface area contributed by atoms with Gasteiger partial charge in [0.2, 0.25) is 10.2 Å². The van der Waals surface area contributed by atoms with E-state index in [2.05, 4.69) is 25.0 Å². The summed E-state index contributed by atoms with van der Waals surface area (Å²) in [6.07, 6.45) is -2.37. The molecule has 0 amide bonds. The predicted molar refractivity (Wildman–Crippen MR) is 106 cm³/mol. The molecule has 142 valence electrons. The van der Waals surface area contributed by atoms with Crippen LogP contribution in [0.1, 0.15) is 16.7 Å². The number of thioether (sulfide) groups is 2. The third-order valence-corrected chi connectivity index (χ3v) is 5.00. The number of alkyl halides is 3. The van der Waals surface area contributed by atoms with Crippen molar-refractivity contribution in [1.29, 1.82) is 0 Å². The van der Waals surface area contributed by atoms with Gasteiger partial charge in [-0.25, -0.2) is 0 Å². The van der Waals surface area contributed by atoms with Gasteiger partial charge in [-0.1, -0.05) is 25.0 Å². The molecule has 7 heteroatoms. The highest BCUT2D eigenvalue weighted by molar-refractivity contribution is 8.14. The molecule has 0 saturated carbocycles.